The predicted molar refractivity (Wildman–Crippen MR) is 117 cm³/mol. The number of hydrogen-bond donors (Lipinski definition) is 1. The Morgan fingerprint density at radius 1 is 1.03 bits per heavy atom. The highest BCUT2D eigenvalue weighted by atomic mass is 35.5. The molecule has 0 aliphatic carbocycles. The standard InChI is InChI=1S/C20H16Cl2N4O2S/c1-27-15-8-7-11(9-16(15)28-2)17-12(10-23)19(26-20(25-17)29-3)24-18-13(21)5-4-6-14(18)22/h4-9H,1-3H3,(H,24,25,26). The lowest BCUT2D eigenvalue weighted by molar-refractivity contribution is 0.355. The van der Waals surface area contributed by atoms with Gasteiger partial charge in [-0.25, -0.2) is 9.97 Å². The molecule has 0 atom stereocenters. The molecule has 1 heterocycles. The van der Waals surface area contributed by atoms with Crippen LogP contribution < -0.4 is 14.8 Å². The molecule has 0 amide bonds. The lowest BCUT2D eigenvalue weighted by Crippen LogP contribution is -2.04. The van der Waals surface area contributed by atoms with Crippen molar-refractivity contribution in [2.24, 2.45) is 0 Å². The average molecular weight is 447 g/mol. The van der Waals surface area contributed by atoms with Crippen molar-refractivity contribution in [3.05, 3.63) is 52.0 Å². The van der Waals surface area contributed by atoms with Gasteiger partial charge in [-0.1, -0.05) is 41.0 Å². The molecule has 0 aliphatic heterocycles. The first-order chi connectivity index (χ1) is 14.0. The van der Waals surface area contributed by atoms with Crippen LogP contribution in [0.3, 0.4) is 0 Å². The maximum absolute atomic E-state index is 9.87. The molecule has 1 aromatic heterocycles. The first kappa shape index (κ1) is 21.1. The third-order valence-corrected chi connectivity index (χ3v) is 5.22. The van der Waals surface area contributed by atoms with Crippen LogP contribution >= 0.6 is 35.0 Å². The number of nitrogens with one attached hydrogen (secondary N) is 1. The maximum Gasteiger partial charge on any atom is 0.189 e. The number of halogens is 2. The third-order valence-electron chi connectivity index (χ3n) is 4.05. The molecule has 3 rings (SSSR count). The van der Waals surface area contributed by atoms with E-state index >= 15 is 0 Å². The number of benzene rings is 2. The molecule has 2 aromatic carbocycles. The van der Waals surface area contributed by atoms with Crippen LogP contribution in [0.25, 0.3) is 11.3 Å². The number of rotatable bonds is 6. The summed E-state index contributed by atoms with van der Waals surface area (Å²) in [6.07, 6.45) is 1.85. The maximum atomic E-state index is 9.87. The number of para-hydroxylation sites is 1. The van der Waals surface area contributed by atoms with E-state index in [1.165, 1.54) is 11.8 Å². The molecule has 0 saturated carbocycles. The summed E-state index contributed by atoms with van der Waals surface area (Å²) < 4.78 is 10.7. The highest BCUT2D eigenvalue weighted by Crippen LogP contribution is 2.37. The fourth-order valence-electron chi connectivity index (χ4n) is 2.66. The Balaban J connectivity index is 2.19. The Morgan fingerprint density at radius 3 is 2.31 bits per heavy atom. The summed E-state index contributed by atoms with van der Waals surface area (Å²) in [4.78, 5) is 8.98. The molecular weight excluding hydrogens is 431 g/mol. The van der Waals surface area contributed by atoms with E-state index in [1.54, 1.807) is 50.6 Å². The van der Waals surface area contributed by atoms with Gasteiger partial charge in [0.1, 0.15) is 11.6 Å². The van der Waals surface area contributed by atoms with Crippen molar-refractivity contribution in [2.45, 2.75) is 5.16 Å². The minimum Gasteiger partial charge on any atom is -0.493 e. The average Bonchev–Trinajstić information content (AvgIpc) is 2.75. The van der Waals surface area contributed by atoms with Crippen molar-refractivity contribution >= 4 is 46.5 Å². The summed E-state index contributed by atoms with van der Waals surface area (Å²) in [6, 6.07) is 12.7. The molecule has 3 aromatic rings. The molecule has 0 aliphatic rings. The number of nitriles is 1. The van der Waals surface area contributed by atoms with Crippen molar-refractivity contribution < 1.29 is 9.47 Å². The van der Waals surface area contributed by atoms with Gasteiger partial charge < -0.3 is 14.8 Å². The minimum atomic E-state index is 0.256. The van der Waals surface area contributed by atoms with Crippen molar-refractivity contribution in [3.63, 3.8) is 0 Å². The van der Waals surface area contributed by atoms with E-state index in [4.69, 9.17) is 32.7 Å². The zero-order valence-electron chi connectivity index (χ0n) is 15.8. The molecule has 29 heavy (non-hydrogen) atoms. The largest absolute Gasteiger partial charge is 0.493 e. The van der Waals surface area contributed by atoms with E-state index in [9.17, 15) is 5.26 Å². The number of ether oxygens (including phenoxy) is 2. The second kappa shape index (κ2) is 9.23. The Labute approximate surface area is 182 Å². The fraction of sp³-hybridized carbons (Fsp3) is 0.150. The lowest BCUT2D eigenvalue weighted by atomic mass is 10.1. The van der Waals surface area contributed by atoms with Crippen LogP contribution in [0.4, 0.5) is 11.5 Å². The normalized spacial score (nSPS) is 10.3. The van der Waals surface area contributed by atoms with E-state index < -0.39 is 0 Å². The minimum absolute atomic E-state index is 0.256. The van der Waals surface area contributed by atoms with Gasteiger partial charge in [0.2, 0.25) is 0 Å². The third kappa shape index (κ3) is 4.35. The number of aromatic nitrogens is 2. The predicted octanol–water partition coefficient (Wildman–Crippen LogP) is 5.80. The van der Waals surface area contributed by atoms with E-state index in [0.717, 1.165) is 0 Å². The lowest BCUT2D eigenvalue weighted by Gasteiger charge is -2.15. The molecular formula is C20H16Cl2N4O2S. The van der Waals surface area contributed by atoms with Crippen LogP contribution in [0.2, 0.25) is 10.0 Å². The van der Waals surface area contributed by atoms with Crippen molar-refractivity contribution in [1.29, 1.82) is 5.26 Å². The van der Waals surface area contributed by atoms with Gasteiger partial charge >= 0.3 is 0 Å². The summed E-state index contributed by atoms with van der Waals surface area (Å²) in [5.74, 6) is 1.42. The summed E-state index contributed by atoms with van der Waals surface area (Å²) in [5, 5.41) is 14.3. The first-order valence-corrected chi connectivity index (χ1v) is 10.3. The van der Waals surface area contributed by atoms with Gasteiger partial charge in [0, 0.05) is 5.56 Å². The summed E-state index contributed by atoms with van der Waals surface area (Å²) in [5.41, 5.74) is 1.87. The van der Waals surface area contributed by atoms with Gasteiger partial charge in [-0.15, -0.1) is 0 Å². The molecule has 0 bridgehead atoms. The monoisotopic (exact) mass is 446 g/mol. The Bertz CT molecular complexity index is 1080. The molecule has 148 valence electrons. The van der Waals surface area contributed by atoms with Crippen LogP contribution in [-0.2, 0) is 0 Å². The summed E-state index contributed by atoms with van der Waals surface area (Å²) in [7, 11) is 3.11. The second-order valence-corrected chi connectivity index (χ2v) is 7.27. The van der Waals surface area contributed by atoms with Crippen LogP contribution in [0.5, 0.6) is 11.5 Å². The molecule has 9 heteroatoms. The Hall–Kier alpha value is -2.66. The van der Waals surface area contributed by atoms with E-state index in [2.05, 4.69) is 21.4 Å². The van der Waals surface area contributed by atoms with Crippen LogP contribution in [0.15, 0.2) is 41.6 Å². The van der Waals surface area contributed by atoms with Crippen molar-refractivity contribution in [3.8, 4) is 28.8 Å². The molecule has 1 N–H and O–H groups in total. The van der Waals surface area contributed by atoms with Gasteiger partial charge in [0.25, 0.3) is 0 Å². The van der Waals surface area contributed by atoms with Crippen LogP contribution in [0, 0.1) is 11.3 Å². The fourth-order valence-corrected chi connectivity index (χ4v) is 3.51. The molecule has 0 radical (unpaired) electrons. The van der Waals surface area contributed by atoms with Gasteiger partial charge in [0.05, 0.1) is 35.6 Å². The SMILES string of the molecule is COc1ccc(-c2nc(SC)nc(Nc3c(Cl)cccc3Cl)c2C#N)cc1OC. The molecule has 0 fully saturated rings. The first-order valence-electron chi connectivity index (χ1n) is 8.32. The Kier molecular flexibility index (Phi) is 6.70. The number of methoxy groups -OCH3 is 2. The van der Waals surface area contributed by atoms with Gasteiger partial charge in [0.15, 0.2) is 22.5 Å². The van der Waals surface area contributed by atoms with Gasteiger partial charge in [-0.3, -0.25) is 0 Å². The molecule has 6 nitrogen and oxygen atoms in total. The molecule has 0 unspecified atom stereocenters. The van der Waals surface area contributed by atoms with E-state index in [-0.39, 0.29) is 5.56 Å². The highest BCUT2D eigenvalue weighted by Gasteiger charge is 2.19. The number of thioether (sulfide) groups is 1. The molecule has 0 spiro atoms. The summed E-state index contributed by atoms with van der Waals surface area (Å²) in [6.45, 7) is 0. The zero-order chi connectivity index (χ0) is 21.0. The quantitative estimate of drug-likeness (QED) is 0.378. The number of nitrogens with zero attached hydrogens (tertiary/aromatic N) is 3. The molecule has 0 saturated heterocycles. The Morgan fingerprint density at radius 2 is 1.72 bits per heavy atom. The van der Waals surface area contributed by atoms with Crippen LogP contribution in [0.1, 0.15) is 5.56 Å². The summed E-state index contributed by atoms with van der Waals surface area (Å²) >= 11 is 13.9. The smallest absolute Gasteiger partial charge is 0.189 e. The second-order valence-electron chi connectivity index (χ2n) is 5.69. The van der Waals surface area contributed by atoms with Crippen molar-refractivity contribution in [1.82, 2.24) is 9.97 Å². The number of hydrogen-bond acceptors (Lipinski definition) is 7. The van der Waals surface area contributed by atoms with E-state index in [0.29, 0.717) is 49.5 Å². The topological polar surface area (TPSA) is 80.1 Å². The van der Waals surface area contributed by atoms with E-state index in [1.807, 2.05) is 6.26 Å². The highest BCUT2D eigenvalue weighted by molar-refractivity contribution is 7.98. The number of anilines is 2. The van der Waals surface area contributed by atoms with Gasteiger partial charge in [-0.2, -0.15) is 5.26 Å². The van der Waals surface area contributed by atoms with Gasteiger partial charge in [-0.05, 0) is 36.6 Å². The van der Waals surface area contributed by atoms with Crippen molar-refractivity contribution in [2.75, 3.05) is 25.8 Å². The zero-order valence-corrected chi connectivity index (χ0v) is 18.1. The van der Waals surface area contributed by atoms with Crippen LogP contribution in [-0.4, -0.2) is 30.4 Å².